The summed E-state index contributed by atoms with van der Waals surface area (Å²) < 4.78 is 28.0. The first-order chi connectivity index (χ1) is 9.40. The molecule has 0 aromatic carbocycles. The second kappa shape index (κ2) is 6.13. The minimum Gasteiger partial charge on any atom is -0.391 e. The summed E-state index contributed by atoms with van der Waals surface area (Å²) in [5, 5.41) is 11.1. The van der Waals surface area contributed by atoms with Gasteiger partial charge in [-0.1, -0.05) is 20.3 Å². The van der Waals surface area contributed by atoms with Gasteiger partial charge in [0.2, 0.25) is 10.0 Å². The van der Waals surface area contributed by atoms with Crippen molar-refractivity contribution in [3.8, 4) is 0 Å². The summed E-state index contributed by atoms with van der Waals surface area (Å²) >= 11 is 1.30. The molecule has 1 fully saturated rings. The van der Waals surface area contributed by atoms with Crippen molar-refractivity contribution in [3.05, 3.63) is 15.8 Å². The Morgan fingerprint density at radius 2 is 2.15 bits per heavy atom. The van der Waals surface area contributed by atoms with Gasteiger partial charge in [-0.05, 0) is 42.5 Å². The highest BCUT2D eigenvalue weighted by Gasteiger charge is 2.35. The molecule has 0 aliphatic heterocycles. The number of sulfonamides is 1. The van der Waals surface area contributed by atoms with Gasteiger partial charge in [0, 0.05) is 6.04 Å². The maximum atomic E-state index is 12.6. The third-order valence-electron chi connectivity index (χ3n) is 4.46. The molecule has 0 bridgehead atoms. The van der Waals surface area contributed by atoms with Gasteiger partial charge in [-0.2, -0.15) is 0 Å². The zero-order valence-electron chi connectivity index (χ0n) is 12.2. The van der Waals surface area contributed by atoms with Crippen molar-refractivity contribution in [2.24, 2.45) is 11.8 Å². The van der Waals surface area contributed by atoms with Crippen molar-refractivity contribution >= 4 is 21.4 Å². The first-order valence-electron chi connectivity index (χ1n) is 7.10. The molecule has 2 rings (SSSR count). The lowest BCUT2D eigenvalue weighted by atomic mass is 9.94. The van der Waals surface area contributed by atoms with Crippen molar-refractivity contribution in [1.29, 1.82) is 0 Å². The van der Waals surface area contributed by atoms with Crippen LogP contribution < -0.4 is 4.72 Å². The van der Waals surface area contributed by atoms with E-state index in [0.29, 0.717) is 22.3 Å². The van der Waals surface area contributed by atoms with Gasteiger partial charge in [-0.3, -0.25) is 0 Å². The molecule has 0 spiro atoms. The van der Waals surface area contributed by atoms with Gasteiger partial charge in [0.25, 0.3) is 0 Å². The Morgan fingerprint density at radius 3 is 2.70 bits per heavy atom. The fourth-order valence-corrected chi connectivity index (χ4v) is 6.23. The lowest BCUT2D eigenvalue weighted by Crippen LogP contribution is -2.37. The molecule has 6 heteroatoms. The first-order valence-corrected chi connectivity index (χ1v) is 9.47. The van der Waals surface area contributed by atoms with Gasteiger partial charge in [0.1, 0.15) is 4.90 Å². The van der Waals surface area contributed by atoms with E-state index in [-0.39, 0.29) is 17.5 Å². The number of aliphatic hydroxyl groups is 1. The third kappa shape index (κ3) is 2.93. The van der Waals surface area contributed by atoms with Gasteiger partial charge in [-0.25, -0.2) is 13.1 Å². The predicted molar refractivity (Wildman–Crippen MR) is 81.3 cm³/mol. The molecule has 20 heavy (non-hydrogen) atoms. The van der Waals surface area contributed by atoms with Crippen LogP contribution in [0.2, 0.25) is 0 Å². The van der Waals surface area contributed by atoms with Crippen molar-refractivity contribution < 1.29 is 13.5 Å². The van der Waals surface area contributed by atoms with Crippen LogP contribution in [0.4, 0.5) is 0 Å². The van der Waals surface area contributed by atoms with Gasteiger partial charge in [0.15, 0.2) is 0 Å². The van der Waals surface area contributed by atoms with E-state index >= 15 is 0 Å². The molecule has 3 unspecified atom stereocenters. The van der Waals surface area contributed by atoms with E-state index in [2.05, 4.69) is 18.6 Å². The zero-order valence-corrected chi connectivity index (χ0v) is 13.9. The number of rotatable bonds is 5. The Bertz CT molecular complexity index is 565. The van der Waals surface area contributed by atoms with E-state index in [9.17, 15) is 13.5 Å². The van der Waals surface area contributed by atoms with Crippen molar-refractivity contribution in [2.75, 3.05) is 0 Å². The van der Waals surface area contributed by atoms with Gasteiger partial charge in [0.05, 0.1) is 11.5 Å². The Balaban J connectivity index is 2.22. The molecule has 1 saturated carbocycles. The summed E-state index contributed by atoms with van der Waals surface area (Å²) in [4.78, 5) is 0.796. The maximum absolute atomic E-state index is 12.6. The number of nitrogens with one attached hydrogen (secondary N) is 1. The first kappa shape index (κ1) is 15.9. The highest BCUT2D eigenvalue weighted by atomic mass is 32.2. The molecule has 1 aliphatic rings. The summed E-state index contributed by atoms with van der Waals surface area (Å²) in [6.45, 7) is 5.83. The summed E-state index contributed by atoms with van der Waals surface area (Å²) in [5.74, 6) is 0.967. The van der Waals surface area contributed by atoms with E-state index in [4.69, 9.17) is 0 Å². The molecule has 1 aromatic rings. The minimum absolute atomic E-state index is 0.00999. The molecule has 0 radical (unpaired) electrons. The Morgan fingerprint density at radius 1 is 1.45 bits per heavy atom. The molecule has 114 valence electrons. The van der Waals surface area contributed by atoms with Crippen LogP contribution in [-0.2, 0) is 16.6 Å². The fraction of sp³-hybridized carbons (Fsp3) is 0.714. The largest absolute Gasteiger partial charge is 0.391 e. The van der Waals surface area contributed by atoms with Crippen LogP contribution in [0.15, 0.2) is 10.3 Å². The second-order valence-electron chi connectivity index (χ2n) is 5.66. The number of hydrogen-bond acceptors (Lipinski definition) is 4. The second-order valence-corrected chi connectivity index (χ2v) is 8.28. The molecule has 0 amide bonds. The molecule has 1 aromatic heterocycles. The van der Waals surface area contributed by atoms with E-state index in [1.54, 1.807) is 12.3 Å². The normalized spacial score (nSPS) is 27.1. The number of aliphatic hydroxyl groups excluding tert-OH is 1. The molecular weight excluding hydrogens is 294 g/mol. The number of aryl methyl sites for hydroxylation is 1. The van der Waals surface area contributed by atoms with Crippen molar-refractivity contribution in [1.82, 2.24) is 4.72 Å². The average Bonchev–Trinajstić information content (AvgIpc) is 2.94. The van der Waals surface area contributed by atoms with Gasteiger partial charge in [-0.15, -0.1) is 11.3 Å². The smallest absolute Gasteiger partial charge is 0.242 e. The quantitative estimate of drug-likeness (QED) is 0.877. The minimum atomic E-state index is -3.54. The van der Waals surface area contributed by atoms with Gasteiger partial charge < -0.3 is 5.11 Å². The maximum Gasteiger partial charge on any atom is 0.242 e. The van der Waals surface area contributed by atoms with Crippen LogP contribution in [-0.4, -0.2) is 19.6 Å². The third-order valence-corrected chi connectivity index (χ3v) is 7.40. The van der Waals surface area contributed by atoms with Crippen LogP contribution in [0.5, 0.6) is 0 Å². The monoisotopic (exact) mass is 317 g/mol. The molecule has 3 atom stereocenters. The molecule has 2 N–H and O–H groups in total. The SMILES string of the molecule is CCC1CCC(NS(=O)(=O)c2c(C)csc2CO)C1C. The van der Waals surface area contributed by atoms with Crippen LogP contribution in [0.1, 0.15) is 43.6 Å². The van der Waals surface area contributed by atoms with E-state index in [0.717, 1.165) is 19.3 Å². The summed E-state index contributed by atoms with van der Waals surface area (Å²) in [5.41, 5.74) is 0.712. The molecule has 1 aliphatic carbocycles. The van der Waals surface area contributed by atoms with Crippen molar-refractivity contribution in [2.45, 2.75) is 57.6 Å². The van der Waals surface area contributed by atoms with Crippen LogP contribution in [0, 0.1) is 18.8 Å². The Labute approximate surface area is 125 Å². The molecule has 1 heterocycles. The van der Waals surface area contributed by atoms with Crippen LogP contribution in [0.3, 0.4) is 0 Å². The molecular formula is C14H23NO3S2. The Hall–Kier alpha value is -0.430. The predicted octanol–water partition coefficient (Wildman–Crippen LogP) is 2.65. The highest BCUT2D eigenvalue weighted by molar-refractivity contribution is 7.89. The van der Waals surface area contributed by atoms with Crippen LogP contribution >= 0.6 is 11.3 Å². The highest BCUT2D eigenvalue weighted by Crippen LogP contribution is 2.35. The average molecular weight is 317 g/mol. The van der Waals surface area contributed by atoms with E-state index < -0.39 is 10.0 Å². The van der Waals surface area contributed by atoms with Gasteiger partial charge >= 0.3 is 0 Å². The van der Waals surface area contributed by atoms with Crippen LogP contribution in [0.25, 0.3) is 0 Å². The zero-order chi connectivity index (χ0) is 14.9. The molecule has 4 nitrogen and oxygen atoms in total. The van der Waals surface area contributed by atoms with Crippen molar-refractivity contribution in [3.63, 3.8) is 0 Å². The summed E-state index contributed by atoms with van der Waals surface area (Å²) in [7, 11) is -3.54. The fourth-order valence-electron chi connectivity index (χ4n) is 3.21. The topological polar surface area (TPSA) is 66.4 Å². The van der Waals surface area contributed by atoms with E-state index in [1.807, 2.05) is 0 Å². The molecule has 0 saturated heterocycles. The van der Waals surface area contributed by atoms with E-state index in [1.165, 1.54) is 11.3 Å². The number of thiophene rings is 1. The lowest BCUT2D eigenvalue weighted by Gasteiger charge is -2.21. The summed E-state index contributed by atoms with van der Waals surface area (Å²) in [6.07, 6.45) is 3.08. The standard InChI is InChI=1S/C14H23NO3S2/c1-4-11-5-6-12(10(11)3)15-20(17,18)14-9(2)8-19-13(14)7-16/h8,10-12,15-16H,4-7H2,1-3H3. The lowest BCUT2D eigenvalue weighted by molar-refractivity contribution is 0.282. The Kier molecular flexibility index (Phi) is 4.89. The summed E-state index contributed by atoms with van der Waals surface area (Å²) in [6, 6.07) is 0.00999. The number of hydrogen-bond donors (Lipinski definition) is 2.